The predicted octanol–water partition coefficient (Wildman–Crippen LogP) is 6.92. The second kappa shape index (κ2) is 6.25. The van der Waals surface area contributed by atoms with E-state index in [9.17, 15) is 0 Å². The van der Waals surface area contributed by atoms with Gasteiger partial charge in [-0.1, -0.05) is 109 Å². The third-order valence-corrected chi connectivity index (χ3v) is 6.02. The number of hydrogen-bond acceptors (Lipinski definition) is 0. The van der Waals surface area contributed by atoms with Crippen LogP contribution in [0.2, 0.25) is 0 Å². The highest BCUT2D eigenvalue weighted by molar-refractivity contribution is 5.89. The molecule has 0 saturated carbocycles. The maximum absolute atomic E-state index is 4.14. The molecule has 27 heavy (non-hydrogen) atoms. The van der Waals surface area contributed by atoms with Gasteiger partial charge in [0, 0.05) is 0 Å². The van der Waals surface area contributed by atoms with E-state index in [1.54, 1.807) is 0 Å². The minimum Gasteiger partial charge on any atom is -0.0985 e. The summed E-state index contributed by atoms with van der Waals surface area (Å²) in [6.45, 7) is 4.14. The zero-order valence-electron chi connectivity index (χ0n) is 15.4. The van der Waals surface area contributed by atoms with Gasteiger partial charge in [0.1, 0.15) is 0 Å². The third kappa shape index (κ3) is 2.16. The van der Waals surface area contributed by atoms with Crippen molar-refractivity contribution in [2.24, 2.45) is 0 Å². The van der Waals surface area contributed by atoms with Crippen molar-refractivity contribution >= 4 is 6.08 Å². The van der Waals surface area contributed by atoms with E-state index in [0.717, 1.165) is 12.8 Å². The van der Waals surface area contributed by atoms with Gasteiger partial charge in [0.2, 0.25) is 0 Å². The Labute approximate surface area is 161 Å². The smallest absolute Gasteiger partial charge is 0.0682 e. The van der Waals surface area contributed by atoms with Gasteiger partial charge in [-0.05, 0) is 46.2 Å². The Hall–Kier alpha value is -3.12. The Balaban J connectivity index is 1.99. The number of hydrogen-bond donors (Lipinski definition) is 0. The molecule has 2 aliphatic carbocycles. The summed E-state index contributed by atoms with van der Waals surface area (Å²) in [6.07, 6.45) is 11.0. The van der Waals surface area contributed by atoms with E-state index >= 15 is 0 Å². The maximum Gasteiger partial charge on any atom is 0.0682 e. The normalized spacial score (nSPS) is 19.9. The minimum absolute atomic E-state index is 0.247. The van der Waals surface area contributed by atoms with Gasteiger partial charge in [0.05, 0.1) is 5.41 Å². The number of fused-ring (bicyclic) bond motifs is 3. The summed E-state index contributed by atoms with van der Waals surface area (Å²) in [5, 5.41) is 0. The molecule has 0 spiro atoms. The summed E-state index contributed by atoms with van der Waals surface area (Å²) in [5.74, 6) is 0. The van der Waals surface area contributed by atoms with E-state index in [1.807, 2.05) is 6.08 Å². The van der Waals surface area contributed by atoms with E-state index in [-0.39, 0.29) is 5.41 Å². The molecule has 0 bridgehead atoms. The van der Waals surface area contributed by atoms with Crippen LogP contribution in [0.3, 0.4) is 0 Å². The average molecular weight is 346 g/mol. The van der Waals surface area contributed by atoms with Gasteiger partial charge in [-0.2, -0.15) is 0 Å². The van der Waals surface area contributed by atoms with Crippen molar-refractivity contribution in [2.45, 2.75) is 18.3 Å². The van der Waals surface area contributed by atoms with Gasteiger partial charge >= 0.3 is 0 Å². The first-order chi connectivity index (χ1) is 13.4. The fourth-order valence-corrected chi connectivity index (χ4v) is 4.98. The molecule has 0 heterocycles. The van der Waals surface area contributed by atoms with Crippen molar-refractivity contribution in [2.75, 3.05) is 0 Å². The van der Waals surface area contributed by atoms with Crippen LogP contribution in [0.1, 0.15) is 35.1 Å². The van der Waals surface area contributed by atoms with Crippen LogP contribution in [0.5, 0.6) is 0 Å². The summed E-state index contributed by atoms with van der Waals surface area (Å²) in [5.41, 5.74) is 9.24. The Morgan fingerprint density at radius 2 is 1.59 bits per heavy atom. The Morgan fingerprint density at radius 1 is 0.815 bits per heavy atom. The predicted molar refractivity (Wildman–Crippen MR) is 115 cm³/mol. The molecule has 0 heteroatoms. The molecule has 0 radical (unpaired) electrons. The third-order valence-electron chi connectivity index (χ3n) is 6.02. The van der Waals surface area contributed by atoms with E-state index in [1.165, 1.54) is 39.0 Å². The first kappa shape index (κ1) is 16.1. The van der Waals surface area contributed by atoms with Crippen LogP contribution >= 0.6 is 0 Å². The van der Waals surface area contributed by atoms with Gasteiger partial charge in [-0.3, -0.25) is 0 Å². The largest absolute Gasteiger partial charge is 0.0985 e. The van der Waals surface area contributed by atoms with Crippen molar-refractivity contribution in [3.8, 4) is 11.1 Å². The summed E-state index contributed by atoms with van der Waals surface area (Å²) in [6, 6.07) is 26.5. The van der Waals surface area contributed by atoms with E-state index in [0.29, 0.717) is 0 Å². The molecule has 5 rings (SSSR count). The monoisotopic (exact) mass is 346 g/mol. The summed E-state index contributed by atoms with van der Waals surface area (Å²) in [7, 11) is 0. The molecule has 0 fully saturated rings. The van der Waals surface area contributed by atoms with Crippen LogP contribution in [-0.2, 0) is 5.41 Å². The summed E-state index contributed by atoms with van der Waals surface area (Å²) >= 11 is 0. The molecule has 0 N–H and O–H groups in total. The Kier molecular flexibility index (Phi) is 3.72. The maximum atomic E-state index is 4.14. The number of allylic oxidation sites excluding steroid dienone is 4. The number of rotatable bonds is 3. The van der Waals surface area contributed by atoms with Gasteiger partial charge in [0.15, 0.2) is 0 Å². The molecule has 0 aromatic heterocycles. The van der Waals surface area contributed by atoms with Gasteiger partial charge < -0.3 is 0 Å². The topological polar surface area (TPSA) is 0 Å². The first-order valence-corrected chi connectivity index (χ1v) is 9.65. The fraction of sp³-hybridized carbons (Fsp3) is 0.111. The van der Waals surface area contributed by atoms with Crippen molar-refractivity contribution < 1.29 is 0 Å². The Bertz CT molecular complexity index is 1080. The van der Waals surface area contributed by atoms with Crippen LogP contribution in [0.25, 0.3) is 17.2 Å². The number of benzene rings is 3. The molecule has 1 unspecified atom stereocenters. The molecular formula is C27H22. The van der Waals surface area contributed by atoms with Gasteiger partial charge in [-0.25, -0.2) is 0 Å². The minimum atomic E-state index is -0.247. The second-order valence-corrected chi connectivity index (χ2v) is 7.29. The van der Waals surface area contributed by atoms with Crippen molar-refractivity contribution in [3.63, 3.8) is 0 Å². The molecule has 0 aliphatic heterocycles. The molecule has 2 aliphatic rings. The second-order valence-electron chi connectivity index (χ2n) is 7.29. The zero-order valence-corrected chi connectivity index (χ0v) is 15.4. The van der Waals surface area contributed by atoms with Gasteiger partial charge in [-0.15, -0.1) is 0 Å². The molecule has 3 aromatic rings. The molecule has 0 nitrogen and oxygen atoms in total. The van der Waals surface area contributed by atoms with Crippen LogP contribution in [0.15, 0.2) is 103 Å². The molecule has 1 atom stereocenters. The van der Waals surface area contributed by atoms with Crippen LogP contribution in [-0.4, -0.2) is 0 Å². The van der Waals surface area contributed by atoms with E-state index < -0.39 is 0 Å². The van der Waals surface area contributed by atoms with Crippen LogP contribution < -0.4 is 0 Å². The lowest BCUT2D eigenvalue weighted by atomic mass is 9.64. The highest BCUT2D eigenvalue weighted by Crippen LogP contribution is 2.58. The molecule has 0 saturated heterocycles. The molecule has 3 aromatic carbocycles. The summed E-state index contributed by atoms with van der Waals surface area (Å²) in [4.78, 5) is 0. The van der Waals surface area contributed by atoms with Crippen molar-refractivity contribution in [3.05, 3.63) is 125 Å². The lowest BCUT2D eigenvalue weighted by Crippen LogP contribution is -2.31. The SMILES string of the molecule is C=Cc1cccc2c1C(C1=CC=CCC1)(c1ccccc1)c1ccccc1-2. The summed E-state index contributed by atoms with van der Waals surface area (Å²) < 4.78 is 0. The lowest BCUT2D eigenvalue weighted by molar-refractivity contribution is 0.691. The lowest BCUT2D eigenvalue weighted by Gasteiger charge is -2.37. The zero-order chi connectivity index (χ0) is 18.3. The van der Waals surface area contributed by atoms with Crippen LogP contribution in [0, 0.1) is 0 Å². The highest BCUT2D eigenvalue weighted by atomic mass is 14.5. The molecule has 0 amide bonds. The van der Waals surface area contributed by atoms with Crippen molar-refractivity contribution in [1.82, 2.24) is 0 Å². The average Bonchev–Trinajstić information content (AvgIpc) is 3.07. The first-order valence-electron chi connectivity index (χ1n) is 9.65. The fourth-order valence-electron chi connectivity index (χ4n) is 4.98. The Morgan fingerprint density at radius 3 is 2.37 bits per heavy atom. The highest BCUT2D eigenvalue weighted by Gasteiger charge is 2.47. The van der Waals surface area contributed by atoms with Gasteiger partial charge in [0.25, 0.3) is 0 Å². The van der Waals surface area contributed by atoms with Crippen LogP contribution in [0.4, 0.5) is 0 Å². The van der Waals surface area contributed by atoms with E-state index in [2.05, 4.69) is 97.6 Å². The molecular weight excluding hydrogens is 324 g/mol. The molecule has 130 valence electrons. The quantitative estimate of drug-likeness (QED) is 0.483. The van der Waals surface area contributed by atoms with Crippen molar-refractivity contribution in [1.29, 1.82) is 0 Å². The van der Waals surface area contributed by atoms with E-state index in [4.69, 9.17) is 0 Å². The standard InChI is InChI=1S/C27H22/c1-2-20-12-11-18-24-23-17-9-10-19-25(23)27(26(20)24,21-13-5-3-6-14-21)22-15-7-4-8-16-22/h2-7,9-15,17-19H,1,8,16H2.